The van der Waals surface area contributed by atoms with Crippen LogP contribution in [0.4, 0.5) is 0 Å². The molecule has 0 aliphatic carbocycles. The van der Waals surface area contributed by atoms with Crippen molar-refractivity contribution in [1.82, 2.24) is 25.8 Å². The quantitative estimate of drug-likeness (QED) is 0.295. The smallest absolute Gasteiger partial charge is 0.251 e. The van der Waals surface area contributed by atoms with Gasteiger partial charge in [-0.15, -0.1) is 5.10 Å². The van der Waals surface area contributed by atoms with Crippen LogP contribution in [0.3, 0.4) is 0 Å². The van der Waals surface area contributed by atoms with Crippen molar-refractivity contribution < 1.29 is 14.8 Å². The zero-order valence-corrected chi connectivity index (χ0v) is 17.3. The molecule has 0 spiro atoms. The third kappa shape index (κ3) is 4.98. The molecule has 1 heterocycles. The minimum absolute atomic E-state index is 0.00627. The molecule has 2 amide bonds. The van der Waals surface area contributed by atoms with E-state index in [4.69, 9.17) is 5.21 Å². The topological polar surface area (TPSA) is 109 Å². The van der Waals surface area contributed by atoms with Crippen molar-refractivity contribution in [2.75, 3.05) is 0 Å². The van der Waals surface area contributed by atoms with E-state index in [0.717, 1.165) is 16.3 Å². The fraction of sp³-hybridized carbons (Fsp3) is 0.167. The lowest BCUT2D eigenvalue weighted by atomic mass is 9.99. The standard InChI is InChI=1S/C24H23N5O3/c30-23(27-32)14-21(13-17-10-11-18-6-4-5-9-20(18)12-17)29-22(16-26-28-29)15-25-24(31)19-7-2-1-3-8-19/h1-12,16,21,32H,13-15H2,(H,25,31)(H,27,30). The fourth-order valence-corrected chi connectivity index (χ4v) is 3.70. The van der Waals surface area contributed by atoms with Gasteiger partial charge in [0.2, 0.25) is 5.91 Å². The molecular weight excluding hydrogens is 406 g/mol. The van der Waals surface area contributed by atoms with Crippen molar-refractivity contribution in [2.45, 2.75) is 25.4 Å². The van der Waals surface area contributed by atoms with E-state index in [1.165, 1.54) is 0 Å². The maximum absolute atomic E-state index is 12.4. The number of hydrogen-bond acceptors (Lipinski definition) is 5. The van der Waals surface area contributed by atoms with Gasteiger partial charge in [0.15, 0.2) is 0 Å². The molecule has 3 aromatic carbocycles. The van der Waals surface area contributed by atoms with E-state index < -0.39 is 11.9 Å². The molecule has 1 unspecified atom stereocenters. The van der Waals surface area contributed by atoms with Gasteiger partial charge in [0.1, 0.15) is 0 Å². The minimum Gasteiger partial charge on any atom is -0.346 e. The lowest BCUT2D eigenvalue weighted by Gasteiger charge is -2.19. The van der Waals surface area contributed by atoms with Crippen molar-refractivity contribution in [3.05, 3.63) is 95.8 Å². The Morgan fingerprint density at radius 2 is 1.72 bits per heavy atom. The SMILES string of the molecule is O=C(CC(Cc1ccc2ccccc2c1)n1nncc1CNC(=O)c1ccccc1)NO. The van der Waals surface area contributed by atoms with Gasteiger partial charge in [-0.3, -0.25) is 14.8 Å². The van der Waals surface area contributed by atoms with Gasteiger partial charge in [-0.1, -0.05) is 65.9 Å². The Balaban J connectivity index is 1.54. The fourth-order valence-electron chi connectivity index (χ4n) is 3.70. The second-order valence-corrected chi connectivity index (χ2v) is 7.50. The van der Waals surface area contributed by atoms with Crippen LogP contribution in [0.25, 0.3) is 10.8 Å². The third-order valence-electron chi connectivity index (χ3n) is 5.29. The van der Waals surface area contributed by atoms with Crippen molar-refractivity contribution in [3.8, 4) is 0 Å². The first-order valence-corrected chi connectivity index (χ1v) is 10.3. The van der Waals surface area contributed by atoms with Gasteiger partial charge in [-0.25, -0.2) is 10.2 Å². The Morgan fingerprint density at radius 1 is 0.969 bits per heavy atom. The van der Waals surface area contributed by atoms with Crippen LogP contribution in [0.15, 0.2) is 79.0 Å². The normalized spacial score (nSPS) is 11.8. The van der Waals surface area contributed by atoms with E-state index in [9.17, 15) is 9.59 Å². The van der Waals surface area contributed by atoms with E-state index in [1.807, 2.05) is 42.5 Å². The summed E-state index contributed by atoms with van der Waals surface area (Å²) in [4.78, 5) is 24.4. The average molecular weight is 429 g/mol. The van der Waals surface area contributed by atoms with Gasteiger partial charge >= 0.3 is 0 Å². The Kier molecular flexibility index (Phi) is 6.52. The average Bonchev–Trinajstić information content (AvgIpc) is 3.31. The molecule has 0 saturated carbocycles. The second-order valence-electron chi connectivity index (χ2n) is 7.50. The van der Waals surface area contributed by atoms with Crippen molar-refractivity contribution in [3.63, 3.8) is 0 Å². The highest BCUT2D eigenvalue weighted by Crippen LogP contribution is 2.23. The number of rotatable bonds is 8. The van der Waals surface area contributed by atoms with Crippen molar-refractivity contribution in [1.29, 1.82) is 0 Å². The van der Waals surface area contributed by atoms with Gasteiger partial charge in [0, 0.05) is 5.56 Å². The highest BCUT2D eigenvalue weighted by atomic mass is 16.5. The summed E-state index contributed by atoms with van der Waals surface area (Å²) in [5.74, 6) is -0.733. The second kappa shape index (κ2) is 9.84. The van der Waals surface area contributed by atoms with Gasteiger partial charge in [0.25, 0.3) is 5.91 Å². The van der Waals surface area contributed by atoms with E-state index >= 15 is 0 Å². The number of hydroxylamine groups is 1. The van der Waals surface area contributed by atoms with E-state index in [2.05, 4.69) is 21.7 Å². The zero-order chi connectivity index (χ0) is 22.3. The Labute approximate surface area is 184 Å². The summed E-state index contributed by atoms with van der Waals surface area (Å²) >= 11 is 0. The van der Waals surface area contributed by atoms with Crippen molar-refractivity contribution >= 4 is 22.6 Å². The van der Waals surface area contributed by atoms with Crippen LogP contribution in [0.1, 0.15) is 34.1 Å². The van der Waals surface area contributed by atoms with Crippen LogP contribution in [0.5, 0.6) is 0 Å². The van der Waals surface area contributed by atoms with Crippen molar-refractivity contribution in [2.24, 2.45) is 0 Å². The maximum atomic E-state index is 12.4. The summed E-state index contributed by atoms with van der Waals surface area (Å²) < 4.78 is 1.63. The number of carbonyl (C=O) groups excluding carboxylic acids is 2. The summed E-state index contributed by atoms with van der Waals surface area (Å²) in [6, 6.07) is 22.7. The summed E-state index contributed by atoms with van der Waals surface area (Å²) in [6.45, 7) is 0.204. The molecule has 1 atom stereocenters. The molecule has 0 radical (unpaired) electrons. The van der Waals surface area contributed by atoms with E-state index in [0.29, 0.717) is 17.7 Å². The first kappa shape index (κ1) is 21.2. The molecule has 4 aromatic rings. The number of nitrogens with zero attached hydrogens (tertiary/aromatic N) is 3. The summed E-state index contributed by atoms with van der Waals surface area (Å²) in [7, 11) is 0. The summed E-state index contributed by atoms with van der Waals surface area (Å²) in [5.41, 5.74) is 3.93. The molecule has 32 heavy (non-hydrogen) atoms. The maximum Gasteiger partial charge on any atom is 0.251 e. The molecule has 8 nitrogen and oxygen atoms in total. The van der Waals surface area contributed by atoms with Gasteiger partial charge < -0.3 is 5.32 Å². The third-order valence-corrected chi connectivity index (χ3v) is 5.29. The molecule has 0 saturated heterocycles. The number of benzene rings is 3. The molecule has 0 bridgehead atoms. The predicted octanol–water partition coefficient (Wildman–Crippen LogP) is 3.04. The van der Waals surface area contributed by atoms with Crippen LogP contribution in [0, 0.1) is 0 Å². The van der Waals surface area contributed by atoms with E-state index in [-0.39, 0.29) is 18.9 Å². The first-order valence-electron chi connectivity index (χ1n) is 10.3. The number of hydrogen-bond donors (Lipinski definition) is 3. The highest BCUT2D eigenvalue weighted by molar-refractivity contribution is 5.94. The number of fused-ring (bicyclic) bond motifs is 1. The summed E-state index contributed by atoms with van der Waals surface area (Å²) in [6.07, 6.45) is 2.07. The molecule has 162 valence electrons. The lowest BCUT2D eigenvalue weighted by molar-refractivity contribution is -0.130. The molecule has 8 heteroatoms. The molecule has 4 rings (SSSR count). The number of aromatic nitrogens is 3. The van der Waals surface area contributed by atoms with Crippen LogP contribution in [-0.4, -0.2) is 32.0 Å². The zero-order valence-electron chi connectivity index (χ0n) is 17.3. The van der Waals surface area contributed by atoms with Gasteiger partial charge in [0.05, 0.1) is 30.9 Å². The Morgan fingerprint density at radius 3 is 2.50 bits per heavy atom. The molecule has 0 fully saturated rings. The molecular formula is C24H23N5O3. The first-order chi connectivity index (χ1) is 15.6. The number of nitrogens with one attached hydrogen (secondary N) is 2. The van der Waals surface area contributed by atoms with Crippen LogP contribution >= 0.6 is 0 Å². The monoisotopic (exact) mass is 429 g/mol. The molecule has 0 aliphatic heterocycles. The largest absolute Gasteiger partial charge is 0.346 e. The van der Waals surface area contributed by atoms with E-state index in [1.54, 1.807) is 40.6 Å². The van der Waals surface area contributed by atoms with Gasteiger partial charge in [-0.2, -0.15) is 0 Å². The number of amides is 2. The Bertz CT molecular complexity index is 1220. The van der Waals surface area contributed by atoms with Crippen LogP contribution in [-0.2, 0) is 17.8 Å². The lowest BCUT2D eigenvalue weighted by Crippen LogP contribution is -2.29. The highest BCUT2D eigenvalue weighted by Gasteiger charge is 2.21. The predicted molar refractivity (Wildman–Crippen MR) is 119 cm³/mol. The number of carbonyl (C=O) groups is 2. The molecule has 3 N–H and O–H groups in total. The van der Waals surface area contributed by atoms with Crippen LogP contribution < -0.4 is 10.8 Å². The molecule has 0 aliphatic rings. The summed E-state index contributed by atoms with van der Waals surface area (Å²) in [5, 5.41) is 22.3. The van der Waals surface area contributed by atoms with Crippen LogP contribution in [0.2, 0.25) is 0 Å². The Hall–Kier alpha value is -4.04. The van der Waals surface area contributed by atoms with Gasteiger partial charge in [-0.05, 0) is 34.9 Å². The minimum atomic E-state index is -0.523. The molecule has 1 aromatic heterocycles.